The molecule has 7 heteroatoms. The molecule has 0 aliphatic heterocycles. The van der Waals surface area contributed by atoms with Crippen LogP contribution in [-0.4, -0.2) is 33.4 Å². The van der Waals surface area contributed by atoms with E-state index in [2.05, 4.69) is 0 Å². The van der Waals surface area contributed by atoms with Crippen molar-refractivity contribution < 1.29 is 22.7 Å². The largest absolute Gasteiger partial charge is 0.495 e. The first-order chi connectivity index (χ1) is 8.95. The average Bonchev–Trinajstić information content (AvgIpc) is 2.24. The summed E-state index contributed by atoms with van der Waals surface area (Å²) in [5.41, 5.74) is 5.16. The highest BCUT2D eigenvalue weighted by atomic mass is 32.2. The van der Waals surface area contributed by atoms with Gasteiger partial charge in [-0.05, 0) is 26.8 Å². The summed E-state index contributed by atoms with van der Waals surface area (Å²) in [5, 5.41) is 0. The van der Waals surface area contributed by atoms with Crippen LogP contribution in [0.25, 0.3) is 0 Å². The van der Waals surface area contributed by atoms with E-state index >= 15 is 0 Å². The molecular weight excluding hydrogens is 282 g/mol. The van der Waals surface area contributed by atoms with Crippen molar-refractivity contribution in [1.29, 1.82) is 0 Å². The molecule has 2 N–H and O–H groups in total. The Kier molecular flexibility index (Phi) is 4.33. The van der Waals surface area contributed by atoms with Gasteiger partial charge in [0.2, 0.25) is 0 Å². The number of carbonyl (C=O) groups is 1. The minimum absolute atomic E-state index is 0.00106. The number of benzene rings is 1. The molecule has 0 bridgehead atoms. The molecule has 20 heavy (non-hydrogen) atoms. The van der Waals surface area contributed by atoms with Gasteiger partial charge in [0, 0.05) is 18.0 Å². The first-order valence-electron chi connectivity index (χ1n) is 5.86. The van der Waals surface area contributed by atoms with Crippen LogP contribution in [0.5, 0.6) is 5.75 Å². The maximum atomic E-state index is 12.0. The first kappa shape index (κ1) is 16.3. The Morgan fingerprint density at radius 3 is 2.20 bits per heavy atom. The third-order valence-electron chi connectivity index (χ3n) is 2.35. The van der Waals surface area contributed by atoms with Gasteiger partial charge >= 0.3 is 5.97 Å². The first-order valence-corrected chi connectivity index (χ1v) is 7.76. The van der Waals surface area contributed by atoms with Gasteiger partial charge in [-0.1, -0.05) is 0 Å². The van der Waals surface area contributed by atoms with Gasteiger partial charge in [-0.3, -0.25) is 0 Å². The third-order valence-corrected chi connectivity index (χ3v) is 3.47. The third kappa shape index (κ3) is 3.86. The summed E-state index contributed by atoms with van der Waals surface area (Å²) in [6.45, 7) is 5.13. The monoisotopic (exact) mass is 301 g/mol. The zero-order chi connectivity index (χ0) is 15.7. The van der Waals surface area contributed by atoms with E-state index < -0.39 is 21.4 Å². The topological polar surface area (TPSA) is 95.7 Å². The van der Waals surface area contributed by atoms with Crippen LogP contribution in [0.4, 0.5) is 5.69 Å². The van der Waals surface area contributed by atoms with Crippen LogP contribution in [0.1, 0.15) is 31.1 Å². The number of rotatable bonds is 3. The van der Waals surface area contributed by atoms with Crippen LogP contribution in [-0.2, 0) is 14.6 Å². The van der Waals surface area contributed by atoms with Gasteiger partial charge in [-0.15, -0.1) is 0 Å². The highest BCUT2D eigenvalue weighted by molar-refractivity contribution is 7.90. The van der Waals surface area contributed by atoms with Crippen LogP contribution in [0.3, 0.4) is 0 Å². The average molecular weight is 301 g/mol. The second-order valence-corrected chi connectivity index (χ2v) is 7.35. The van der Waals surface area contributed by atoms with E-state index in [1.54, 1.807) is 20.8 Å². The van der Waals surface area contributed by atoms with Crippen LogP contribution >= 0.6 is 0 Å². The number of nitrogen functional groups attached to an aromatic ring is 1. The normalized spacial score (nSPS) is 12.1. The van der Waals surface area contributed by atoms with Gasteiger partial charge in [0.25, 0.3) is 0 Å². The van der Waals surface area contributed by atoms with Crippen LogP contribution in [0.15, 0.2) is 17.0 Å². The molecule has 0 fully saturated rings. The van der Waals surface area contributed by atoms with Crippen molar-refractivity contribution in [2.45, 2.75) is 31.3 Å². The second kappa shape index (κ2) is 5.32. The molecule has 1 rings (SSSR count). The van der Waals surface area contributed by atoms with E-state index in [1.165, 1.54) is 19.2 Å². The number of hydrogen-bond acceptors (Lipinski definition) is 6. The van der Waals surface area contributed by atoms with Gasteiger partial charge in [0.1, 0.15) is 16.2 Å². The minimum atomic E-state index is -3.55. The Morgan fingerprint density at radius 2 is 1.80 bits per heavy atom. The molecular formula is C13H19NO5S. The quantitative estimate of drug-likeness (QED) is 0.673. The Labute approximate surface area is 118 Å². The van der Waals surface area contributed by atoms with Crippen molar-refractivity contribution in [3.63, 3.8) is 0 Å². The number of carbonyl (C=O) groups excluding carboxylic acids is 1. The lowest BCUT2D eigenvalue weighted by molar-refractivity contribution is 0.00705. The van der Waals surface area contributed by atoms with Crippen molar-refractivity contribution >= 4 is 21.5 Å². The number of anilines is 1. The molecule has 0 radical (unpaired) electrons. The van der Waals surface area contributed by atoms with Crippen molar-refractivity contribution in [2.75, 3.05) is 19.1 Å². The SMILES string of the molecule is COc1cc(N)c(C(=O)OC(C)(C)C)cc1S(C)(=O)=O. The second-order valence-electron chi connectivity index (χ2n) is 5.36. The van der Waals surface area contributed by atoms with Crippen molar-refractivity contribution in [3.05, 3.63) is 17.7 Å². The van der Waals surface area contributed by atoms with Crippen molar-refractivity contribution in [3.8, 4) is 5.75 Å². The maximum absolute atomic E-state index is 12.0. The number of ether oxygens (including phenoxy) is 2. The molecule has 0 spiro atoms. The Balaban J connectivity index is 3.40. The molecule has 0 amide bonds. The summed E-state index contributed by atoms with van der Waals surface area (Å²) in [6, 6.07) is 2.48. The van der Waals surface area contributed by atoms with Gasteiger partial charge < -0.3 is 15.2 Å². The summed E-state index contributed by atoms with van der Waals surface area (Å²) in [4.78, 5) is 11.9. The van der Waals surface area contributed by atoms with Crippen molar-refractivity contribution in [2.24, 2.45) is 0 Å². The van der Waals surface area contributed by atoms with E-state index in [4.69, 9.17) is 15.2 Å². The summed E-state index contributed by atoms with van der Waals surface area (Å²) in [7, 11) is -2.22. The number of hydrogen-bond donors (Lipinski definition) is 1. The van der Waals surface area contributed by atoms with E-state index in [1.807, 2.05) is 0 Å². The zero-order valence-corrected chi connectivity index (χ0v) is 13.0. The lowest BCUT2D eigenvalue weighted by Crippen LogP contribution is -2.24. The summed E-state index contributed by atoms with van der Waals surface area (Å²) in [6.07, 6.45) is 1.03. The molecule has 0 atom stereocenters. The van der Waals surface area contributed by atoms with Gasteiger partial charge in [0.15, 0.2) is 9.84 Å². The molecule has 0 unspecified atom stereocenters. The fourth-order valence-corrected chi connectivity index (χ4v) is 2.37. The van der Waals surface area contributed by atoms with E-state index in [0.717, 1.165) is 6.26 Å². The highest BCUT2D eigenvalue weighted by Gasteiger charge is 2.24. The number of sulfone groups is 1. The fourth-order valence-electron chi connectivity index (χ4n) is 1.53. The molecule has 0 saturated heterocycles. The molecule has 0 aliphatic rings. The molecule has 112 valence electrons. The minimum Gasteiger partial charge on any atom is -0.495 e. The molecule has 6 nitrogen and oxygen atoms in total. The van der Waals surface area contributed by atoms with Crippen LogP contribution in [0.2, 0.25) is 0 Å². The Morgan fingerprint density at radius 1 is 1.25 bits per heavy atom. The van der Waals surface area contributed by atoms with Crippen molar-refractivity contribution in [1.82, 2.24) is 0 Å². The Bertz CT molecular complexity index is 629. The number of methoxy groups -OCH3 is 1. The summed E-state index contributed by atoms with van der Waals surface area (Å²) in [5.74, 6) is -0.583. The molecule has 1 aromatic carbocycles. The molecule has 1 aromatic rings. The number of esters is 1. The molecule has 0 heterocycles. The van der Waals surface area contributed by atoms with Gasteiger partial charge in [-0.2, -0.15) is 0 Å². The van der Waals surface area contributed by atoms with Crippen LogP contribution in [0, 0.1) is 0 Å². The maximum Gasteiger partial charge on any atom is 0.340 e. The van der Waals surface area contributed by atoms with E-state index in [-0.39, 0.29) is 21.9 Å². The predicted octanol–water partition coefficient (Wildman–Crippen LogP) is 1.64. The fraction of sp³-hybridized carbons (Fsp3) is 0.462. The van der Waals surface area contributed by atoms with Gasteiger partial charge in [0.05, 0.1) is 12.7 Å². The standard InChI is InChI=1S/C13H19NO5S/c1-13(2,3)19-12(15)8-6-11(20(5,16)17)10(18-4)7-9(8)14/h6-7H,14H2,1-5H3. The predicted molar refractivity (Wildman–Crippen MR) is 75.7 cm³/mol. The molecule has 0 saturated carbocycles. The smallest absolute Gasteiger partial charge is 0.340 e. The number of nitrogens with two attached hydrogens (primary N) is 1. The summed E-state index contributed by atoms with van der Waals surface area (Å²) >= 11 is 0. The zero-order valence-electron chi connectivity index (χ0n) is 12.2. The molecule has 0 aliphatic carbocycles. The lowest BCUT2D eigenvalue weighted by Gasteiger charge is -2.20. The van der Waals surface area contributed by atoms with E-state index in [9.17, 15) is 13.2 Å². The lowest BCUT2D eigenvalue weighted by atomic mass is 10.1. The highest BCUT2D eigenvalue weighted by Crippen LogP contribution is 2.30. The molecule has 0 aromatic heterocycles. The van der Waals surface area contributed by atoms with E-state index in [0.29, 0.717) is 0 Å². The van der Waals surface area contributed by atoms with Gasteiger partial charge in [-0.25, -0.2) is 13.2 Å². The van der Waals surface area contributed by atoms with Crippen LogP contribution < -0.4 is 10.5 Å². The Hall–Kier alpha value is -1.76. The summed E-state index contributed by atoms with van der Waals surface area (Å²) < 4.78 is 33.6.